The first-order valence-corrected chi connectivity index (χ1v) is 8.67. The number of nitrogens with zero attached hydrogens (tertiary/aromatic N) is 3. The molecular formula is C19H24FN3O. The molecule has 1 aromatic heterocycles. The topological polar surface area (TPSA) is 47.8 Å². The monoisotopic (exact) mass is 329 g/mol. The van der Waals surface area contributed by atoms with Crippen molar-refractivity contribution in [3.63, 3.8) is 0 Å². The predicted octanol–water partition coefficient (Wildman–Crippen LogP) is 4.28. The van der Waals surface area contributed by atoms with Crippen LogP contribution in [0.3, 0.4) is 0 Å². The van der Waals surface area contributed by atoms with E-state index in [9.17, 15) is 9.18 Å². The zero-order chi connectivity index (χ0) is 17.3. The summed E-state index contributed by atoms with van der Waals surface area (Å²) in [5.74, 6) is 1.05. The van der Waals surface area contributed by atoms with Crippen molar-refractivity contribution in [2.75, 3.05) is 0 Å². The van der Waals surface area contributed by atoms with Crippen molar-refractivity contribution >= 4 is 5.78 Å². The van der Waals surface area contributed by atoms with Crippen molar-refractivity contribution in [2.24, 2.45) is 17.8 Å². The van der Waals surface area contributed by atoms with E-state index in [1.807, 2.05) is 4.68 Å². The molecule has 1 aliphatic rings. The molecule has 3 rings (SSSR count). The summed E-state index contributed by atoms with van der Waals surface area (Å²) in [6, 6.07) is 5.97. The molecule has 0 spiro atoms. The Morgan fingerprint density at radius 1 is 1.33 bits per heavy atom. The van der Waals surface area contributed by atoms with Gasteiger partial charge in [0.1, 0.15) is 5.82 Å². The lowest BCUT2D eigenvalue weighted by atomic mass is 9.74. The Morgan fingerprint density at radius 2 is 2.12 bits per heavy atom. The van der Waals surface area contributed by atoms with Crippen LogP contribution in [0.4, 0.5) is 4.39 Å². The molecule has 1 fully saturated rings. The highest BCUT2D eigenvalue weighted by molar-refractivity contribution is 6.07. The number of ketones is 1. The van der Waals surface area contributed by atoms with Crippen LogP contribution in [0.5, 0.6) is 0 Å². The first kappa shape index (κ1) is 16.8. The van der Waals surface area contributed by atoms with E-state index in [4.69, 9.17) is 0 Å². The van der Waals surface area contributed by atoms with Crippen LogP contribution in [0.25, 0.3) is 0 Å². The largest absolute Gasteiger partial charge is 0.287 e. The minimum absolute atomic E-state index is 0.273. The molecule has 2 aromatic rings. The van der Waals surface area contributed by atoms with E-state index in [2.05, 4.69) is 31.1 Å². The number of benzene rings is 1. The molecule has 4 nitrogen and oxygen atoms in total. The molecule has 1 aromatic carbocycles. The molecule has 0 saturated heterocycles. The highest BCUT2D eigenvalue weighted by Gasteiger charge is 2.33. The molecule has 0 unspecified atom stereocenters. The van der Waals surface area contributed by atoms with E-state index in [-0.39, 0.29) is 17.5 Å². The maximum Gasteiger partial charge on any atom is 0.214 e. The van der Waals surface area contributed by atoms with Gasteiger partial charge in [0, 0.05) is 5.56 Å². The Labute approximate surface area is 142 Å². The number of hydrogen-bond donors (Lipinski definition) is 0. The second-order valence-electron chi connectivity index (χ2n) is 7.32. The fourth-order valence-electron chi connectivity index (χ4n) is 3.78. The van der Waals surface area contributed by atoms with Gasteiger partial charge in [-0.25, -0.2) is 9.07 Å². The Balaban J connectivity index is 1.85. The van der Waals surface area contributed by atoms with Crippen LogP contribution in [0, 0.1) is 23.6 Å². The zero-order valence-corrected chi connectivity index (χ0v) is 14.4. The lowest BCUT2D eigenvalue weighted by Gasteiger charge is -2.37. The fourth-order valence-corrected chi connectivity index (χ4v) is 3.78. The molecule has 1 heterocycles. The van der Waals surface area contributed by atoms with Gasteiger partial charge in [-0.15, -0.1) is 5.10 Å². The van der Waals surface area contributed by atoms with Gasteiger partial charge in [0.2, 0.25) is 5.78 Å². The van der Waals surface area contributed by atoms with E-state index >= 15 is 0 Å². The van der Waals surface area contributed by atoms with Crippen molar-refractivity contribution in [2.45, 2.75) is 46.1 Å². The summed E-state index contributed by atoms with van der Waals surface area (Å²) in [5, 5.41) is 8.29. The lowest BCUT2D eigenvalue weighted by Crippen LogP contribution is -2.30. The maximum atomic E-state index is 13.3. The van der Waals surface area contributed by atoms with Gasteiger partial charge in [-0.2, -0.15) is 0 Å². The number of hydrogen-bond acceptors (Lipinski definition) is 3. The number of rotatable bonds is 4. The summed E-state index contributed by atoms with van der Waals surface area (Å²) in [5.41, 5.74) is 0.584. The first-order chi connectivity index (χ1) is 11.5. The van der Waals surface area contributed by atoms with Gasteiger partial charge in [0.15, 0.2) is 5.69 Å². The molecule has 0 aliphatic heterocycles. The van der Waals surface area contributed by atoms with Crippen LogP contribution in [-0.4, -0.2) is 20.8 Å². The second-order valence-corrected chi connectivity index (χ2v) is 7.32. The third-order valence-corrected chi connectivity index (χ3v) is 5.16. The van der Waals surface area contributed by atoms with Gasteiger partial charge in [0.25, 0.3) is 0 Å². The van der Waals surface area contributed by atoms with E-state index in [0.717, 1.165) is 6.42 Å². The molecule has 24 heavy (non-hydrogen) atoms. The summed E-state index contributed by atoms with van der Waals surface area (Å²) in [6.45, 7) is 6.74. The Kier molecular flexibility index (Phi) is 4.78. The second kappa shape index (κ2) is 6.83. The van der Waals surface area contributed by atoms with Crippen molar-refractivity contribution < 1.29 is 9.18 Å². The van der Waals surface area contributed by atoms with E-state index < -0.39 is 5.82 Å². The summed E-state index contributed by atoms with van der Waals surface area (Å²) < 4.78 is 15.2. The van der Waals surface area contributed by atoms with Crippen molar-refractivity contribution in [3.8, 4) is 0 Å². The average molecular weight is 329 g/mol. The van der Waals surface area contributed by atoms with Crippen LogP contribution in [0.1, 0.15) is 62.1 Å². The van der Waals surface area contributed by atoms with Crippen LogP contribution < -0.4 is 0 Å². The number of carbonyl (C=O) groups excluding carboxylic acids is 1. The molecule has 0 amide bonds. The van der Waals surface area contributed by atoms with Gasteiger partial charge in [0.05, 0.1) is 12.2 Å². The third-order valence-electron chi connectivity index (χ3n) is 5.16. The summed E-state index contributed by atoms with van der Waals surface area (Å²) in [7, 11) is 0. The summed E-state index contributed by atoms with van der Waals surface area (Å²) >= 11 is 0. The van der Waals surface area contributed by atoms with Crippen LogP contribution >= 0.6 is 0 Å². The highest BCUT2D eigenvalue weighted by Crippen LogP contribution is 2.40. The third kappa shape index (κ3) is 3.40. The zero-order valence-electron chi connectivity index (χ0n) is 14.4. The minimum atomic E-state index is -0.422. The predicted molar refractivity (Wildman–Crippen MR) is 90.2 cm³/mol. The van der Waals surface area contributed by atoms with Crippen LogP contribution in [0.2, 0.25) is 0 Å². The van der Waals surface area contributed by atoms with E-state index in [0.29, 0.717) is 23.3 Å². The maximum absolute atomic E-state index is 13.3. The number of halogens is 1. The van der Waals surface area contributed by atoms with Crippen molar-refractivity contribution in [3.05, 3.63) is 47.5 Å². The molecule has 0 bridgehead atoms. The van der Waals surface area contributed by atoms with Gasteiger partial charge < -0.3 is 0 Å². The van der Waals surface area contributed by atoms with Crippen LogP contribution in [0.15, 0.2) is 30.5 Å². The summed E-state index contributed by atoms with van der Waals surface area (Å²) in [6.07, 6.45) is 5.20. The average Bonchev–Trinajstić information content (AvgIpc) is 3.03. The molecule has 0 N–H and O–H groups in total. The smallest absolute Gasteiger partial charge is 0.214 e. The van der Waals surface area contributed by atoms with Crippen molar-refractivity contribution in [1.29, 1.82) is 0 Å². The molecule has 128 valence electrons. The molecular weight excluding hydrogens is 305 g/mol. The molecule has 0 radical (unpaired) electrons. The van der Waals surface area contributed by atoms with E-state index in [1.165, 1.54) is 31.0 Å². The first-order valence-electron chi connectivity index (χ1n) is 8.67. The lowest BCUT2D eigenvalue weighted by molar-refractivity contribution is 0.103. The van der Waals surface area contributed by atoms with E-state index in [1.54, 1.807) is 12.3 Å². The Hall–Kier alpha value is -2.04. The molecule has 1 saturated carbocycles. The van der Waals surface area contributed by atoms with Crippen molar-refractivity contribution in [1.82, 2.24) is 15.0 Å². The molecule has 5 heteroatoms. The molecule has 3 atom stereocenters. The number of aromatic nitrogens is 3. The quantitative estimate of drug-likeness (QED) is 0.787. The van der Waals surface area contributed by atoms with Gasteiger partial charge >= 0.3 is 0 Å². The summed E-state index contributed by atoms with van der Waals surface area (Å²) in [4.78, 5) is 12.5. The standard InChI is InChI=1S/C19H24FN3O/c1-12(2)16-8-7-13(3)9-18(16)23-11-17(21-22-23)19(24)14-5-4-6-15(20)10-14/h4-6,10-13,16,18H,7-9H2,1-3H3/t13-,16+,18-/m1/s1. The Morgan fingerprint density at radius 3 is 2.83 bits per heavy atom. The minimum Gasteiger partial charge on any atom is -0.287 e. The van der Waals surface area contributed by atoms with Gasteiger partial charge in [-0.3, -0.25) is 4.79 Å². The van der Waals surface area contributed by atoms with Crippen LogP contribution in [-0.2, 0) is 0 Å². The number of carbonyl (C=O) groups is 1. The normalized spacial score (nSPS) is 24.3. The fraction of sp³-hybridized carbons (Fsp3) is 0.526. The van der Waals surface area contributed by atoms with Gasteiger partial charge in [-0.05, 0) is 42.7 Å². The SMILES string of the molecule is CC(C)[C@@H]1CC[C@@H](C)C[C@H]1n1cc(C(=O)c2cccc(F)c2)nn1. The van der Waals surface area contributed by atoms with Gasteiger partial charge in [-0.1, -0.05) is 44.5 Å². The highest BCUT2D eigenvalue weighted by atomic mass is 19.1. The molecule has 1 aliphatic carbocycles. The Bertz CT molecular complexity index is 725.